The molecule has 1 atom stereocenters. The van der Waals surface area contributed by atoms with Gasteiger partial charge in [-0.2, -0.15) is 0 Å². The third kappa shape index (κ3) is 1.33. The van der Waals surface area contributed by atoms with Crippen LogP contribution >= 0.6 is 0 Å². The van der Waals surface area contributed by atoms with Crippen molar-refractivity contribution in [1.29, 1.82) is 0 Å². The Morgan fingerprint density at radius 1 is 1.50 bits per heavy atom. The summed E-state index contributed by atoms with van der Waals surface area (Å²) in [5.74, 6) is -1.83. The van der Waals surface area contributed by atoms with Gasteiger partial charge in [0, 0.05) is 0 Å². The lowest BCUT2D eigenvalue weighted by molar-refractivity contribution is -0.155. The van der Waals surface area contributed by atoms with E-state index in [4.69, 9.17) is 10.2 Å². The Labute approximate surface area is 58.5 Å². The summed E-state index contributed by atoms with van der Waals surface area (Å²) >= 11 is 0. The summed E-state index contributed by atoms with van der Waals surface area (Å²) in [6.45, 7) is 1.68. The summed E-state index contributed by atoms with van der Waals surface area (Å²) in [7, 11) is 0. The Kier molecular flexibility index (Phi) is 2.54. The van der Waals surface area contributed by atoms with Gasteiger partial charge < -0.3 is 10.2 Å². The third-order valence-corrected chi connectivity index (χ3v) is 1.57. The van der Waals surface area contributed by atoms with Crippen LogP contribution in [0.5, 0.6) is 0 Å². The van der Waals surface area contributed by atoms with Gasteiger partial charge in [-0.3, -0.25) is 9.59 Å². The fourth-order valence-electron chi connectivity index (χ4n) is 0.330. The minimum Gasteiger partial charge on any atom is -0.480 e. The van der Waals surface area contributed by atoms with Crippen LogP contribution in [0.2, 0.25) is 0 Å². The van der Waals surface area contributed by atoms with Gasteiger partial charge in [-0.25, -0.2) is 0 Å². The van der Waals surface area contributed by atoms with Gasteiger partial charge in [0.25, 0.3) is 0 Å². The van der Waals surface area contributed by atoms with Gasteiger partial charge in [-0.1, -0.05) is 0 Å². The van der Waals surface area contributed by atoms with Gasteiger partial charge in [-0.05, 0) is 13.8 Å². The first-order valence-electron chi connectivity index (χ1n) is 2.80. The normalized spacial score (nSPS) is 15.9. The number of carboxylic acids is 1. The fraction of sp³-hybridized carbons (Fsp3) is 0.667. The van der Waals surface area contributed by atoms with Crippen LogP contribution in [0.4, 0.5) is 0 Å². The minimum absolute atomic E-state index is 0.539. The van der Waals surface area contributed by atoms with Crippen LogP contribution in [-0.2, 0) is 9.59 Å². The molecular formula is C6H10O4. The predicted octanol–water partition coefficient (Wildman–Crippen LogP) is -0.341. The summed E-state index contributed by atoms with van der Waals surface area (Å²) in [6, 6.07) is 0. The molecule has 0 aliphatic rings. The van der Waals surface area contributed by atoms with Crippen molar-refractivity contribution < 1.29 is 19.8 Å². The number of hydrogen-bond donors (Lipinski definition) is 2. The van der Waals surface area contributed by atoms with E-state index in [1.807, 2.05) is 0 Å². The summed E-state index contributed by atoms with van der Waals surface area (Å²) < 4.78 is 0. The number of carbonyl (C=O) groups is 2. The van der Waals surface area contributed by atoms with Crippen molar-refractivity contribution in [2.24, 2.45) is 5.41 Å². The highest BCUT2D eigenvalue weighted by molar-refractivity contribution is 6.01. The van der Waals surface area contributed by atoms with E-state index in [-0.39, 0.29) is 0 Å². The highest BCUT2D eigenvalue weighted by Crippen LogP contribution is 2.16. The molecule has 4 heteroatoms. The van der Waals surface area contributed by atoms with Gasteiger partial charge in [-0.15, -0.1) is 0 Å². The maximum Gasteiger partial charge on any atom is 0.319 e. The van der Waals surface area contributed by atoms with Crippen molar-refractivity contribution in [1.82, 2.24) is 0 Å². The molecule has 0 rings (SSSR count). The number of aliphatic carboxylic acids is 1. The lowest BCUT2D eigenvalue weighted by Crippen LogP contribution is -2.38. The number of carboxylic acid groups (broad SMARTS) is 1. The molecule has 0 saturated carbocycles. The second-order valence-electron chi connectivity index (χ2n) is 2.35. The molecule has 0 aliphatic heterocycles. The lowest BCUT2D eigenvalue weighted by atomic mass is 9.88. The second-order valence-corrected chi connectivity index (χ2v) is 2.35. The van der Waals surface area contributed by atoms with Crippen molar-refractivity contribution in [3.05, 3.63) is 0 Å². The summed E-state index contributed by atoms with van der Waals surface area (Å²) in [4.78, 5) is 20.9. The van der Waals surface area contributed by atoms with Gasteiger partial charge >= 0.3 is 5.97 Å². The molecule has 4 nitrogen and oxygen atoms in total. The Balaban J connectivity index is 4.55. The molecule has 0 heterocycles. The third-order valence-electron chi connectivity index (χ3n) is 1.57. The van der Waals surface area contributed by atoms with Crippen molar-refractivity contribution in [3.8, 4) is 0 Å². The zero-order valence-corrected chi connectivity index (χ0v) is 5.92. The van der Waals surface area contributed by atoms with Crippen LogP contribution in [0, 0.1) is 5.41 Å². The van der Waals surface area contributed by atoms with Gasteiger partial charge in [0.1, 0.15) is 11.2 Å². The van der Waals surface area contributed by atoms with Crippen molar-refractivity contribution in [2.45, 2.75) is 13.8 Å². The molecule has 0 radical (unpaired) electrons. The molecular weight excluding hydrogens is 136 g/mol. The zero-order valence-electron chi connectivity index (χ0n) is 5.92. The minimum atomic E-state index is -1.62. The lowest BCUT2D eigenvalue weighted by Gasteiger charge is -2.17. The maximum absolute atomic E-state index is 10.6. The number of aliphatic hydroxyl groups is 1. The Morgan fingerprint density at radius 3 is 1.90 bits per heavy atom. The van der Waals surface area contributed by atoms with E-state index in [2.05, 4.69) is 0 Å². The number of ketones is 1. The number of aliphatic hydroxyl groups excluding tert-OH is 1. The molecule has 0 aliphatic carbocycles. The van der Waals surface area contributed by atoms with Crippen molar-refractivity contribution >= 4 is 11.8 Å². The van der Waals surface area contributed by atoms with Crippen LogP contribution in [0.25, 0.3) is 0 Å². The summed E-state index contributed by atoms with van der Waals surface area (Å²) in [5, 5.41) is 16.9. The first kappa shape index (κ1) is 9.10. The van der Waals surface area contributed by atoms with Gasteiger partial charge in [0.15, 0.2) is 0 Å². The molecule has 10 heavy (non-hydrogen) atoms. The van der Waals surface area contributed by atoms with E-state index in [1.165, 1.54) is 6.92 Å². The van der Waals surface area contributed by atoms with E-state index in [0.717, 1.165) is 6.92 Å². The average Bonchev–Trinajstić information content (AvgIpc) is 1.85. The van der Waals surface area contributed by atoms with E-state index in [9.17, 15) is 9.59 Å². The van der Waals surface area contributed by atoms with Crippen LogP contribution in [0.1, 0.15) is 13.8 Å². The number of hydrogen-bond acceptors (Lipinski definition) is 3. The Morgan fingerprint density at radius 2 is 1.90 bits per heavy atom. The smallest absolute Gasteiger partial charge is 0.319 e. The molecule has 0 spiro atoms. The van der Waals surface area contributed by atoms with E-state index >= 15 is 0 Å². The standard InChI is InChI=1S/C6H10O4/c1-4(8)6(2,3-7)5(9)10/h7H,3H2,1-2H3,(H,9,10). The maximum atomic E-state index is 10.6. The molecule has 0 fully saturated rings. The van der Waals surface area contributed by atoms with E-state index in [0.29, 0.717) is 0 Å². The summed E-state index contributed by atoms with van der Waals surface area (Å²) in [6.07, 6.45) is 0. The fourth-order valence-corrected chi connectivity index (χ4v) is 0.330. The van der Waals surface area contributed by atoms with Crippen LogP contribution in [0.3, 0.4) is 0 Å². The zero-order chi connectivity index (χ0) is 8.36. The van der Waals surface area contributed by atoms with Gasteiger partial charge in [0.05, 0.1) is 6.61 Å². The average molecular weight is 146 g/mol. The van der Waals surface area contributed by atoms with Gasteiger partial charge in [0.2, 0.25) is 0 Å². The Hall–Kier alpha value is -0.900. The van der Waals surface area contributed by atoms with Crippen LogP contribution in [-0.4, -0.2) is 28.6 Å². The molecule has 0 saturated heterocycles. The molecule has 0 aromatic carbocycles. The molecule has 1 unspecified atom stereocenters. The highest BCUT2D eigenvalue weighted by Gasteiger charge is 2.37. The highest BCUT2D eigenvalue weighted by atomic mass is 16.4. The number of Topliss-reactive ketones (excluding diaryl/α,β-unsaturated/α-hetero) is 1. The van der Waals surface area contributed by atoms with E-state index < -0.39 is 23.8 Å². The Bertz CT molecular complexity index is 147. The SMILES string of the molecule is CC(=O)C(C)(CO)C(=O)O. The van der Waals surface area contributed by atoms with Crippen LogP contribution in [0.15, 0.2) is 0 Å². The molecule has 0 bridgehead atoms. The molecule has 2 N–H and O–H groups in total. The second kappa shape index (κ2) is 2.79. The summed E-state index contributed by atoms with van der Waals surface area (Å²) in [5.41, 5.74) is -1.62. The molecule has 0 aromatic rings. The van der Waals surface area contributed by atoms with Crippen molar-refractivity contribution in [2.75, 3.05) is 6.61 Å². The van der Waals surface area contributed by atoms with E-state index in [1.54, 1.807) is 0 Å². The molecule has 58 valence electrons. The van der Waals surface area contributed by atoms with Crippen molar-refractivity contribution in [3.63, 3.8) is 0 Å². The number of carbonyl (C=O) groups excluding carboxylic acids is 1. The quantitative estimate of drug-likeness (QED) is 0.534. The predicted molar refractivity (Wildman–Crippen MR) is 33.5 cm³/mol. The topological polar surface area (TPSA) is 74.6 Å². The molecule has 0 amide bonds. The largest absolute Gasteiger partial charge is 0.480 e. The monoisotopic (exact) mass is 146 g/mol. The molecule has 0 aromatic heterocycles. The van der Waals surface area contributed by atoms with Crippen LogP contribution < -0.4 is 0 Å². The first-order chi connectivity index (χ1) is 4.45. The number of rotatable bonds is 3. The first-order valence-corrected chi connectivity index (χ1v) is 2.80.